The molecular formula is C28H37N8O17P3. The van der Waals surface area contributed by atoms with Crippen LogP contribution in [-0.2, 0) is 36.3 Å². The van der Waals surface area contributed by atoms with Gasteiger partial charge >= 0.3 is 35.2 Å². The van der Waals surface area contributed by atoms with Gasteiger partial charge in [-0.3, -0.25) is 13.9 Å². The van der Waals surface area contributed by atoms with E-state index in [-0.39, 0.29) is 42.1 Å². The van der Waals surface area contributed by atoms with Gasteiger partial charge in [0.2, 0.25) is 0 Å². The smallest absolute Gasteiger partial charge is 0.440 e. The Hall–Kier alpha value is -4.35. The number of nitrogens with zero attached hydrogens (tertiary/aromatic N) is 5. The van der Waals surface area contributed by atoms with Crippen molar-refractivity contribution in [3.63, 3.8) is 0 Å². The van der Waals surface area contributed by atoms with Gasteiger partial charge in [0.15, 0.2) is 23.8 Å². The van der Waals surface area contributed by atoms with Gasteiger partial charge in [-0.05, 0) is 38.5 Å². The SMILES string of the molecule is CCN(CC)c1ccc2cc(C(=O)NCCCNC(=O)O[C@H]3[C@@H](O)[C@H](n4cnc5c(N)ncnc54)O[C@@H]3COP(=O)(O)OP(=O)(O)OP(=O)(O)O)c(=O)oc2c1. The van der Waals surface area contributed by atoms with Gasteiger partial charge in [-0.15, -0.1) is 0 Å². The van der Waals surface area contributed by atoms with Crippen molar-refractivity contribution in [3.05, 3.63) is 52.9 Å². The molecule has 28 heteroatoms. The van der Waals surface area contributed by atoms with Crippen molar-refractivity contribution < 1.29 is 75.0 Å². The number of hydrogen-bond donors (Lipinski definition) is 8. The van der Waals surface area contributed by atoms with Gasteiger partial charge in [0.1, 0.15) is 35.2 Å². The molecule has 2 unspecified atom stereocenters. The number of aromatic nitrogens is 4. The topological polar surface area (TPSA) is 360 Å². The summed E-state index contributed by atoms with van der Waals surface area (Å²) < 4.78 is 64.8. The predicted molar refractivity (Wildman–Crippen MR) is 191 cm³/mol. The van der Waals surface area contributed by atoms with Gasteiger partial charge < -0.3 is 59.8 Å². The van der Waals surface area contributed by atoms with Crippen LogP contribution in [0, 0.1) is 0 Å². The molecule has 56 heavy (non-hydrogen) atoms. The zero-order valence-corrected chi connectivity index (χ0v) is 32.0. The molecule has 9 N–H and O–H groups in total. The van der Waals surface area contributed by atoms with E-state index < -0.39 is 72.2 Å². The number of aliphatic hydroxyl groups is 1. The number of amides is 2. The number of nitrogens with two attached hydrogens (primary N) is 1. The predicted octanol–water partition coefficient (Wildman–Crippen LogP) is 0.878. The number of anilines is 2. The molecule has 1 aromatic carbocycles. The van der Waals surface area contributed by atoms with E-state index in [1.807, 2.05) is 19.9 Å². The Morgan fingerprint density at radius 1 is 1.00 bits per heavy atom. The number of hydrogen-bond acceptors (Lipinski definition) is 18. The maximum Gasteiger partial charge on any atom is 0.490 e. The van der Waals surface area contributed by atoms with Crippen LogP contribution < -0.4 is 26.9 Å². The van der Waals surface area contributed by atoms with Crippen molar-refractivity contribution >= 4 is 69.1 Å². The third-order valence-corrected chi connectivity index (χ3v) is 11.8. The van der Waals surface area contributed by atoms with Gasteiger partial charge in [-0.25, -0.2) is 38.2 Å². The Kier molecular flexibility index (Phi) is 13.3. The number of fused-ring (bicyclic) bond motifs is 2. The Morgan fingerprint density at radius 2 is 1.71 bits per heavy atom. The summed E-state index contributed by atoms with van der Waals surface area (Å²) in [4.78, 5) is 89.1. The minimum atomic E-state index is -5.87. The first-order chi connectivity index (χ1) is 26.3. The van der Waals surface area contributed by atoms with Crippen LogP contribution >= 0.6 is 23.5 Å². The van der Waals surface area contributed by atoms with E-state index in [9.17, 15) is 43.0 Å². The first-order valence-corrected chi connectivity index (χ1v) is 20.9. The summed E-state index contributed by atoms with van der Waals surface area (Å²) in [6.45, 7) is 4.25. The van der Waals surface area contributed by atoms with Crippen molar-refractivity contribution in [2.75, 3.05) is 43.4 Å². The molecule has 306 valence electrons. The molecule has 4 heterocycles. The van der Waals surface area contributed by atoms with Crippen LogP contribution in [0.3, 0.4) is 0 Å². The maximum atomic E-state index is 12.8. The molecular weight excluding hydrogens is 813 g/mol. The Balaban J connectivity index is 1.20. The Morgan fingerprint density at radius 3 is 2.41 bits per heavy atom. The number of benzene rings is 1. The lowest BCUT2D eigenvalue weighted by molar-refractivity contribution is -0.0508. The van der Waals surface area contributed by atoms with E-state index in [4.69, 9.17) is 29.4 Å². The number of nitrogens with one attached hydrogen (secondary N) is 2. The van der Waals surface area contributed by atoms with Crippen molar-refractivity contribution in [1.82, 2.24) is 30.2 Å². The van der Waals surface area contributed by atoms with E-state index in [1.54, 1.807) is 12.1 Å². The lowest BCUT2D eigenvalue weighted by atomic mass is 10.1. The average molecular weight is 851 g/mol. The number of carbonyl (C=O) groups is 2. The zero-order valence-electron chi connectivity index (χ0n) is 29.3. The van der Waals surface area contributed by atoms with Crippen molar-refractivity contribution in [3.8, 4) is 0 Å². The molecule has 0 spiro atoms. The van der Waals surface area contributed by atoms with Gasteiger partial charge in [-0.1, -0.05) is 0 Å². The number of ether oxygens (including phenoxy) is 2. The van der Waals surface area contributed by atoms with Crippen LogP contribution in [0.25, 0.3) is 22.1 Å². The third-order valence-electron chi connectivity index (χ3n) is 8.03. The van der Waals surface area contributed by atoms with Gasteiger partial charge in [0.05, 0.1) is 12.9 Å². The van der Waals surface area contributed by atoms with E-state index in [0.29, 0.717) is 11.0 Å². The fraction of sp³-hybridized carbons (Fsp3) is 0.429. The largest absolute Gasteiger partial charge is 0.490 e. The number of rotatable bonds is 17. The lowest BCUT2D eigenvalue weighted by Gasteiger charge is -2.22. The van der Waals surface area contributed by atoms with E-state index >= 15 is 0 Å². The number of nitrogen functional groups attached to an aromatic ring is 1. The van der Waals surface area contributed by atoms with Gasteiger partial charge in [-0.2, -0.15) is 8.62 Å². The van der Waals surface area contributed by atoms with Gasteiger partial charge in [0.25, 0.3) is 5.91 Å². The fourth-order valence-corrected chi connectivity index (χ4v) is 8.57. The van der Waals surface area contributed by atoms with E-state index in [1.165, 1.54) is 10.6 Å². The highest BCUT2D eigenvalue weighted by molar-refractivity contribution is 7.66. The molecule has 0 radical (unpaired) electrons. The molecule has 6 atom stereocenters. The first-order valence-electron chi connectivity index (χ1n) is 16.4. The molecule has 0 aliphatic carbocycles. The highest BCUT2D eigenvalue weighted by Crippen LogP contribution is 2.66. The van der Waals surface area contributed by atoms with Crippen LogP contribution in [0.2, 0.25) is 0 Å². The van der Waals surface area contributed by atoms with Crippen LogP contribution in [0.4, 0.5) is 16.3 Å². The van der Waals surface area contributed by atoms with Crippen LogP contribution in [-0.4, -0.2) is 107 Å². The fourth-order valence-electron chi connectivity index (χ4n) is 5.54. The lowest BCUT2D eigenvalue weighted by Crippen LogP contribution is -2.41. The summed E-state index contributed by atoms with van der Waals surface area (Å²) in [5.41, 5.74) is 6.09. The van der Waals surface area contributed by atoms with Crippen LogP contribution in [0.5, 0.6) is 0 Å². The molecule has 1 saturated heterocycles. The highest BCUT2D eigenvalue weighted by Gasteiger charge is 2.49. The highest BCUT2D eigenvalue weighted by atomic mass is 31.3. The second-order valence-electron chi connectivity index (χ2n) is 11.8. The van der Waals surface area contributed by atoms with Crippen LogP contribution in [0.15, 0.2) is 46.1 Å². The molecule has 4 aromatic rings. The standard InChI is InChI=1S/C28H37N8O17P3/c1-3-35(4-2)16-7-6-15-10-17(27(39)50-18(15)11-16)25(38)30-8-5-9-31-28(40)51-22-19(12-48-55(44,45)53-56(46,47)52-54(41,42)43)49-26(21(22)37)36-14-34-20-23(29)32-13-33-24(20)36/h6-7,10-11,13-14,19,21-22,26,37H,3-5,8-9,12H2,1-2H3,(H,30,38)(H,31,40)(H,44,45)(H,46,47)(H2,29,32,33)(H2,41,42,43)/t19-,21-,22-,26-/m1/s1. The summed E-state index contributed by atoms with van der Waals surface area (Å²) in [7, 11) is -17.2. The first kappa shape index (κ1) is 42.8. The van der Waals surface area contributed by atoms with Crippen molar-refractivity contribution in [1.29, 1.82) is 0 Å². The third kappa shape index (κ3) is 10.5. The molecule has 3 aromatic heterocycles. The maximum absolute atomic E-state index is 12.8. The minimum Gasteiger partial charge on any atom is -0.440 e. The number of imidazole rings is 1. The molecule has 1 aliphatic rings. The number of aliphatic hydroxyl groups excluding tert-OH is 1. The number of phosphoric ester groups is 1. The molecule has 0 saturated carbocycles. The second-order valence-corrected chi connectivity index (χ2v) is 16.2. The van der Waals surface area contributed by atoms with Crippen molar-refractivity contribution in [2.24, 2.45) is 0 Å². The summed E-state index contributed by atoms with van der Waals surface area (Å²) >= 11 is 0. The molecule has 0 bridgehead atoms. The summed E-state index contributed by atoms with van der Waals surface area (Å²) in [5, 5.41) is 16.7. The summed E-state index contributed by atoms with van der Waals surface area (Å²) in [6, 6.07) is 6.72. The quantitative estimate of drug-likeness (QED) is 0.0415. The second kappa shape index (κ2) is 17.4. The zero-order chi connectivity index (χ0) is 41.0. The van der Waals surface area contributed by atoms with Gasteiger partial charge in [0, 0.05) is 43.3 Å². The van der Waals surface area contributed by atoms with Crippen LogP contribution in [0.1, 0.15) is 36.9 Å². The summed E-state index contributed by atoms with van der Waals surface area (Å²) in [5.74, 6) is -0.745. The number of phosphoric acid groups is 3. The average Bonchev–Trinajstić information content (AvgIpc) is 3.66. The number of alkyl carbamates (subject to hydrolysis) is 1. The molecule has 5 rings (SSSR count). The molecule has 25 nitrogen and oxygen atoms in total. The Bertz CT molecular complexity index is 2280. The molecule has 1 fully saturated rings. The van der Waals surface area contributed by atoms with Crippen molar-refractivity contribution in [2.45, 2.75) is 44.8 Å². The number of carbonyl (C=O) groups excluding carboxylic acids is 2. The Labute approximate surface area is 315 Å². The normalized spacial score (nSPS) is 20.7. The monoisotopic (exact) mass is 850 g/mol. The van der Waals surface area contributed by atoms with E-state index in [2.05, 4.69) is 43.6 Å². The minimum absolute atomic E-state index is 0.0177. The molecule has 1 aliphatic heterocycles. The summed E-state index contributed by atoms with van der Waals surface area (Å²) in [6.07, 6.45) is -5.32. The molecule has 2 amide bonds. The van der Waals surface area contributed by atoms with E-state index in [0.717, 1.165) is 31.4 Å².